The third-order valence-corrected chi connectivity index (χ3v) is 2.61. The van der Waals surface area contributed by atoms with E-state index in [0.717, 1.165) is 25.3 Å². The molecule has 1 aliphatic heterocycles. The lowest BCUT2D eigenvalue weighted by atomic mass is 10.2. The molecule has 0 aliphatic carbocycles. The van der Waals surface area contributed by atoms with Crippen molar-refractivity contribution in [1.29, 1.82) is 0 Å². The smallest absolute Gasteiger partial charge is 0.330 e. The van der Waals surface area contributed by atoms with Crippen molar-refractivity contribution in [2.45, 2.75) is 26.0 Å². The first-order valence-corrected chi connectivity index (χ1v) is 5.76. The molecule has 0 radical (unpaired) electrons. The Morgan fingerprint density at radius 2 is 2.59 bits per heavy atom. The highest BCUT2D eigenvalue weighted by atomic mass is 16.5. The van der Waals surface area contributed by atoms with Gasteiger partial charge in [0.25, 0.3) is 0 Å². The minimum Gasteiger partial charge on any atom is -0.463 e. The van der Waals surface area contributed by atoms with Gasteiger partial charge in [0.1, 0.15) is 0 Å². The van der Waals surface area contributed by atoms with E-state index in [9.17, 15) is 4.79 Å². The normalized spacial score (nSPS) is 19.2. The van der Waals surface area contributed by atoms with E-state index in [-0.39, 0.29) is 12.1 Å². The Bertz CT molecular complexity index is 408. The summed E-state index contributed by atoms with van der Waals surface area (Å²) in [6, 6.07) is 0. The average molecular weight is 236 g/mol. The molecule has 0 spiro atoms. The minimum absolute atomic E-state index is 0.277. The average Bonchev–Trinajstić information content (AvgIpc) is 2.68. The van der Waals surface area contributed by atoms with E-state index < -0.39 is 0 Å². The molecule has 0 bridgehead atoms. The Kier molecular flexibility index (Phi) is 3.93. The van der Waals surface area contributed by atoms with Crippen molar-refractivity contribution in [2.75, 3.05) is 13.2 Å². The second-order valence-corrected chi connectivity index (χ2v) is 3.84. The van der Waals surface area contributed by atoms with Gasteiger partial charge in [-0.1, -0.05) is 0 Å². The molecule has 0 unspecified atom stereocenters. The Morgan fingerprint density at radius 3 is 3.24 bits per heavy atom. The molecule has 0 amide bonds. The molecule has 1 saturated heterocycles. The van der Waals surface area contributed by atoms with E-state index in [4.69, 9.17) is 9.47 Å². The molecule has 5 nitrogen and oxygen atoms in total. The number of carbonyl (C=O) groups excluding carboxylic acids is 1. The number of hydrogen-bond acceptors (Lipinski definition) is 4. The second-order valence-electron chi connectivity index (χ2n) is 3.84. The highest BCUT2D eigenvalue weighted by Crippen LogP contribution is 2.14. The standard InChI is InChI=1S/C12H16N2O3/c1-2-16-12(15)4-3-10-7-13-9-14(10)8-11-5-6-17-11/h3-4,7,9,11H,2,5-6,8H2,1H3/b4-3+/t11-/m0/s1. The van der Waals surface area contributed by atoms with Gasteiger partial charge < -0.3 is 14.0 Å². The zero-order valence-corrected chi connectivity index (χ0v) is 9.83. The highest BCUT2D eigenvalue weighted by molar-refractivity contribution is 5.86. The Labute approximate surface area is 100 Å². The maximum Gasteiger partial charge on any atom is 0.330 e. The summed E-state index contributed by atoms with van der Waals surface area (Å²) in [4.78, 5) is 15.2. The van der Waals surface area contributed by atoms with E-state index in [0.29, 0.717) is 6.61 Å². The third-order valence-electron chi connectivity index (χ3n) is 2.61. The van der Waals surface area contributed by atoms with Crippen molar-refractivity contribution < 1.29 is 14.3 Å². The SMILES string of the molecule is CCOC(=O)/C=C/c1cncn1C[C@@H]1CCO1. The quantitative estimate of drug-likeness (QED) is 0.570. The monoisotopic (exact) mass is 236 g/mol. The molecule has 17 heavy (non-hydrogen) atoms. The molecule has 1 fully saturated rings. The maximum absolute atomic E-state index is 11.2. The van der Waals surface area contributed by atoms with E-state index >= 15 is 0 Å². The number of ether oxygens (including phenoxy) is 2. The van der Waals surface area contributed by atoms with E-state index in [1.165, 1.54) is 6.08 Å². The number of imidazole rings is 1. The van der Waals surface area contributed by atoms with Gasteiger partial charge in [-0.25, -0.2) is 9.78 Å². The van der Waals surface area contributed by atoms with Crippen LogP contribution in [-0.2, 0) is 20.8 Å². The fraction of sp³-hybridized carbons (Fsp3) is 0.500. The van der Waals surface area contributed by atoms with Gasteiger partial charge >= 0.3 is 5.97 Å². The van der Waals surface area contributed by atoms with Gasteiger partial charge in [-0.05, 0) is 19.4 Å². The molecule has 2 rings (SSSR count). The van der Waals surface area contributed by atoms with Crippen LogP contribution in [0.4, 0.5) is 0 Å². The summed E-state index contributed by atoms with van der Waals surface area (Å²) in [5.74, 6) is -0.333. The van der Waals surface area contributed by atoms with Crippen LogP contribution < -0.4 is 0 Å². The van der Waals surface area contributed by atoms with Crippen molar-refractivity contribution in [2.24, 2.45) is 0 Å². The predicted octanol–water partition coefficient (Wildman–Crippen LogP) is 1.25. The summed E-state index contributed by atoms with van der Waals surface area (Å²) in [5.41, 5.74) is 0.883. The largest absolute Gasteiger partial charge is 0.463 e. The summed E-state index contributed by atoms with van der Waals surface area (Å²) in [6.07, 6.45) is 7.95. The van der Waals surface area contributed by atoms with Gasteiger partial charge in [0.05, 0.1) is 37.5 Å². The van der Waals surface area contributed by atoms with Gasteiger partial charge in [0.15, 0.2) is 0 Å². The first-order valence-electron chi connectivity index (χ1n) is 5.76. The third kappa shape index (κ3) is 3.17. The molecule has 92 valence electrons. The molecule has 0 N–H and O–H groups in total. The molecule has 2 heterocycles. The lowest BCUT2D eigenvalue weighted by Crippen LogP contribution is -2.31. The summed E-state index contributed by atoms with van der Waals surface area (Å²) >= 11 is 0. The van der Waals surface area contributed by atoms with Gasteiger partial charge in [-0.3, -0.25) is 0 Å². The number of nitrogens with zero attached hydrogens (tertiary/aromatic N) is 2. The van der Waals surface area contributed by atoms with E-state index in [1.807, 2.05) is 4.57 Å². The van der Waals surface area contributed by atoms with Gasteiger partial charge in [-0.2, -0.15) is 0 Å². The topological polar surface area (TPSA) is 53.3 Å². The van der Waals surface area contributed by atoms with Crippen LogP contribution >= 0.6 is 0 Å². The summed E-state index contributed by atoms with van der Waals surface area (Å²) in [7, 11) is 0. The molecule has 0 saturated carbocycles. The van der Waals surface area contributed by atoms with Crippen LogP contribution in [-0.4, -0.2) is 34.8 Å². The van der Waals surface area contributed by atoms with Crippen LogP contribution in [0.2, 0.25) is 0 Å². The minimum atomic E-state index is -0.333. The molecule has 5 heteroatoms. The van der Waals surface area contributed by atoms with Crippen LogP contribution in [0.15, 0.2) is 18.6 Å². The zero-order chi connectivity index (χ0) is 12.1. The Balaban J connectivity index is 1.95. The zero-order valence-electron chi connectivity index (χ0n) is 9.83. The summed E-state index contributed by atoms with van der Waals surface area (Å²) in [5, 5.41) is 0. The van der Waals surface area contributed by atoms with Gasteiger partial charge in [0.2, 0.25) is 0 Å². The first kappa shape index (κ1) is 11.9. The Hall–Kier alpha value is -1.62. The number of esters is 1. The number of rotatable bonds is 5. The lowest BCUT2D eigenvalue weighted by Gasteiger charge is -2.26. The molecule has 1 aromatic heterocycles. The molecule has 1 aromatic rings. The van der Waals surface area contributed by atoms with E-state index in [2.05, 4.69) is 4.98 Å². The van der Waals surface area contributed by atoms with E-state index in [1.54, 1.807) is 25.5 Å². The van der Waals surface area contributed by atoms with Crippen molar-refractivity contribution >= 4 is 12.0 Å². The second kappa shape index (κ2) is 5.63. The number of aromatic nitrogens is 2. The van der Waals surface area contributed by atoms with Crippen LogP contribution in [0.5, 0.6) is 0 Å². The molecule has 0 aromatic carbocycles. The van der Waals surface area contributed by atoms with Crippen molar-refractivity contribution in [3.63, 3.8) is 0 Å². The first-order chi connectivity index (χ1) is 8.29. The van der Waals surface area contributed by atoms with Crippen molar-refractivity contribution in [3.05, 3.63) is 24.3 Å². The summed E-state index contributed by atoms with van der Waals surface area (Å²) < 4.78 is 12.1. The molecular weight excluding hydrogens is 220 g/mol. The van der Waals surface area contributed by atoms with Crippen LogP contribution in [0, 0.1) is 0 Å². The maximum atomic E-state index is 11.2. The lowest BCUT2D eigenvalue weighted by molar-refractivity contribution is -0.137. The van der Waals surface area contributed by atoms with Crippen molar-refractivity contribution in [1.82, 2.24) is 9.55 Å². The van der Waals surface area contributed by atoms with Crippen LogP contribution in [0.25, 0.3) is 6.08 Å². The van der Waals surface area contributed by atoms with Crippen molar-refractivity contribution in [3.8, 4) is 0 Å². The number of hydrogen-bond donors (Lipinski definition) is 0. The summed E-state index contributed by atoms with van der Waals surface area (Å²) in [6.45, 7) is 3.79. The highest BCUT2D eigenvalue weighted by Gasteiger charge is 2.18. The number of carbonyl (C=O) groups is 1. The molecule has 1 atom stereocenters. The predicted molar refractivity (Wildman–Crippen MR) is 62.3 cm³/mol. The molecule has 1 aliphatic rings. The van der Waals surface area contributed by atoms with Crippen LogP contribution in [0.1, 0.15) is 19.0 Å². The van der Waals surface area contributed by atoms with Gasteiger partial charge in [0, 0.05) is 12.7 Å². The Morgan fingerprint density at radius 1 is 1.76 bits per heavy atom. The fourth-order valence-electron chi connectivity index (χ4n) is 1.61. The van der Waals surface area contributed by atoms with Gasteiger partial charge in [-0.15, -0.1) is 0 Å². The van der Waals surface area contributed by atoms with Crippen LogP contribution in [0.3, 0.4) is 0 Å². The fourth-order valence-corrected chi connectivity index (χ4v) is 1.61. The molecular formula is C12H16N2O3.